The van der Waals surface area contributed by atoms with Crippen LogP contribution in [0.5, 0.6) is 11.5 Å². The summed E-state index contributed by atoms with van der Waals surface area (Å²) in [4.78, 5) is 18.7. The second-order valence-electron chi connectivity index (χ2n) is 7.11. The van der Waals surface area contributed by atoms with Crippen molar-refractivity contribution in [2.45, 2.75) is 24.8 Å². The number of hydrogen-bond acceptors (Lipinski definition) is 7. The van der Waals surface area contributed by atoms with Crippen molar-refractivity contribution in [3.8, 4) is 11.5 Å². The molecule has 1 aromatic carbocycles. The van der Waals surface area contributed by atoms with Crippen molar-refractivity contribution in [3.63, 3.8) is 0 Å². The number of allylic oxidation sites excluding steroid dienone is 2. The van der Waals surface area contributed by atoms with Crippen molar-refractivity contribution in [2.75, 3.05) is 19.5 Å². The molecule has 7 nitrogen and oxygen atoms in total. The number of benzene rings is 1. The molecule has 0 saturated heterocycles. The van der Waals surface area contributed by atoms with Gasteiger partial charge in [-0.15, -0.1) is 11.3 Å². The molecule has 3 aromatic rings. The average Bonchev–Trinajstić information content (AvgIpc) is 3.43. The van der Waals surface area contributed by atoms with Gasteiger partial charge in [-0.3, -0.25) is 4.79 Å². The molecular formula is C21H20N4O3S. The molecule has 0 saturated carbocycles. The number of aromatic nitrogens is 3. The van der Waals surface area contributed by atoms with E-state index >= 15 is 0 Å². The molecule has 8 heteroatoms. The van der Waals surface area contributed by atoms with E-state index in [-0.39, 0.29) is 17.7 Å². The lowest BCUT2D eigenvalue weighted by Gasteiger charge is -2.34. The summed E-state index contributed by atoms with van der Waals surface area (Å²) < 4.78 is 12.6. The highest BCUT2D eigenvalue weighted by atomic mass is 32.1. The van der Waals surface area contributed by atoms with E-state index in [1.54, 1.807) is 30.2 Å². The van der Waals surface area contributed by atoms with Gasteiger partial charge in [-0.2, -0.15) is 10.1 Å². The molecule has 0 radical (unpaired) electrons. The summed E-state index contributed by atoms with van der Waals surface area (Å²) >= 11 is 1.63. The molecule has 1 aliphatic carbocycles. The third kappa shape index (κ3) is 2.91. The second kappa shape index (κ2) is 7.04. The maximum absolute atomic E-state index is 13.3. The van der Waals surface area contributed by atoms with E-state index in [2.05, 4.69) is 15.4 Å². The molecular weight excluding hydrogens is 388 g/mol. The summed E-state index contributed by atoms with van der Waals surface area (Å²) in [5.41, 5.74) is 2.78. The van der Waals surface area contributed by atoms with Gasteiger partial charge in [0.25, 0.3) is 0 Å². The van der Waals surface area contributed by atoms with E-state index in [1.807, 2.05) is 35.7 Å². The Hall–Kier alpha value is -3.13. The first kappa shape index (κ1) is 17.9. The zero-order valence-electron chi connectivity index (χ0n) is 16.1. The first-order chi connectivity index (χ1) is 14.2. The van der Waals surface area contributed by atoms with Crippen molar-refractivity contribution in [1.29, 1.82) is 0 Å². The van der Waals surface area contributed by atoms with Gasteiger partial charge in [0.1, 0.15) is 12.4 Å². The van der Waals surface area contributed by atoms with Gasteiger partial charge in [-0.1, -0.05) is 12.1 Å². The maximum atomic E-state index is 13.3. The minimum Gasteiger partial charge on any atom is -0.493 e. The van der Waals surface area contributed by atoms with Crippen LogP contribution in [0.25, 0.3) is 0 Å². The Labute approximate surface area is 172 Å². The highest BCUT2D eigenvalue weighted by Crippen LogP contribution is 2.45. The Balaban J connectivity index is 1.54. The first-order valence-corrected chi connectivity index (χ1v) is 10.3. The summed E-state index contributed by atoms with van der Waals surface area (Å²) in [7, 11) is 3.24. The number of ether oxygens (including phenoxy) is 2. The summed E-state index contributed by atoms with van der Waals surface area (Å²) in [6.45, 7) is 0. The number of ketones is 1. The number of hydrogen-bond donors (Lipinski definition) is 1. The second-order valence-corrected chi connectivity index (χ2v) is 8.09. The number of nitrogens with zero attached hydrogens (tertiary/aromatic N) is 3. The van der Waals surface area contributed by atoms with Crippen LogP contribution >= 0.6 is 11.3 Å². The molecule has 2 aliphatic rings. The van der Waals surface area contributed by atoms with Crippen LogP contribution in [0.1, 0.15) is 35.2 Å². The van der Waals surface area contributed by atoms with Crippen LogP contribution in [0.4, 0.5) is 5.95 Å². The normalized spacial score (nSPS) is 20.7. The van der Waals surface area contributed by atoms with Crippen LogP contribution in [-0.4, -0.2) is 34.8 Å². The summed E-state index contributed by atoms with van der Waals surface area (Å²) in [6.07, 6.45) is 2.70. The third-order valence-corrected chi connectivity index (χ3v) is 6.48. The number of nitrogens with one attached hydrogen (secondary N) is 1. The lowest BCUT2D eigenvalue weighted by Crippen LogP contribution is -2.33. The van der Waals surface area contributed by atoms with E-state index in [0.717, 1.165) is 28.1 Å². The van der Waals surface area contributed by atoms with Crippen LogP contribution in [0, 0.1) is 0 Å². The predicted molar refractivity (Wildman–Crippen MR) is 110 cm³/mol. The van der Waals surface area contributed by atoms with E-state index in [1.165, 1.54) is 6.33 Å². The number of methoxy groups -OCH3 is 2. The molecule has 3 heterocycles. The van der Waals surface area contributed by atoms with E-state index < -0.39 is 0 Å². The fourth-order valence-electron chi connectivity index (χ4n) is 4.20. The van der Waals surface area contributed by atoms with E-state index in [9.17, 15) is 4.79 Å². The van der Waals surface area contributed by atoms with Crippen LogP contribution in [0.15, 0.2) is 53.3 Å². The standard InChI is InChI=1S/C21H20N4O3S/c1-27-16-6-5-12(10-17(16)28-2)13-8-14-19(15(26)9-13)20(18-4-3-7-29-18)25-21(24-14)22-11-23-25/h3-7,10-11,13,20H,8-9H2,1-2H3,(H,22,23,24)/t13-,20-/m0/s1. The van der Waals surface area contributed by atoms with Gasteiger partial charge in [0.2, 0.25) is 5.95 Å². The highest BCUT2D eigenvalue weighted by Gasteiger charge is 2.39. The van der Waals surface area contributed by atoms with Crippen molar-refractivity contribution in [2.24, 2.45) is 0 Å². The summed E-state index contributed by atoms with van der Waals surface area (Å²) in [5, 5.41) is 9.74. The number of carbonyl (C=O) groups excluding carboxylic acids is 1. The van der Waals surface area contributed by atoms with E-state index in [0.29, 0.717) is 23.9 Å². The van der Waals surface area contributed by atoms with Gasteiger partial charge in [0.05, 0.1) is 14.2 Å². The SMILES string of the molecule is COc1ccc([C@@H]2CC(=O)C3=C(C2)Nc2ncnn2[C@H]3c2cccs2)cc1OC. The minimum atomic E-state index is -0.220. The van der Waals surface area contributed by atoms with E-state index in [4.69, 9.17) is 9.47 Å². The molecule has 0 bridgehead atoms. The lowest BCUT2D eigenvalue weighted by molar-refractivity contribution is -0.116. The number of anilines is 1. The van der Waals surface area contributed by atoms with Crippen molar-refractivity contribution >= 4 is 23.1 Å². The van der Waals surface area contributed by atoms with Gasteiger partial charge >= 0.3 is 0 Å². The van der Waals surface area contributed by atoms with Crippen molar-refractivity contribution < 1.29 is 14.3 Å². The fourth-order valence-corrected chi connectivity index (χ4v) is 5.02. The Morgan fingerprint density at radius 2 is 2.03 bits per heavy atom. The highest BCUT2D eigenvalue weighted by molar-refractivity contribution is 7.10. The van der Waals surface area contributed by atoms with Crippen molar-refractivity contribution in [1.82, 2.24) is 14.8 Å². The maximum Gasteiger partial charge on any atom is 0.226 e. The van der Waals surface area contributed by atoms with Gasteiger partial charge < -0.3 is 14.8 Å². The molecule has 5 rings (SSSR count). The van der Waals surface area contributed by atoms with Crippen LogP contribution in [0.2, 0.25) is 0 Å². The molecule has 0 amide bonds. The third-order valence-electron chi connectivity index (χ3n) is 5.55. The Bertz CT molecular complexity index is 1100. The molecule has 0 unspecified atom stereocenters. The number of carbonyl (C=O) groups is 1. The number of thiophene rings is 1. The topological polar surface area (TPSA) is 78.3 Å². The Morgan fingerprint density at radius 1 is 1.17 bits per heavy atom. The Kier molecular flexibility index (Phi) is 4.35. The minimum absolute atomic E-state index is 0.0620. The zero-order chi connectivity index (χ0) is 20.0. The molecule has 148 valence electrons. The molecule has 0 fully saturated rings. The zero-order valence-corrected chi connectivity index (χ0v) is 16.9. The molecule has 0 spiro atoms. The number of fused-ring (bicyclic) bond motifs is 1. The molecule has 1 aliphatic heterocycles. The number of rotatable bonds is 4. The molecule has 2 atom stereocenters. The van der Waals surface area contributed by atoms with Gasteiger partial charge in [0, 0.05) is 22.6 Å². The largest absolute Gasteiger partial charge is 0.493 e. The average molecular weight is 408 g/mol. The summed E-state index contributed by atoms with van der Waals surface area (Å²) in [5.74, 6) is 2.22. The van der Waals surface area contributed by atoms with Gasteiger partial charge in [-0.05, 0) is 41.5 Å². The first-order valence-electron chi connectivity index (χ1n) is 9.37. The quantitative estimate of drug-likeness (QED) is 0.708. The predicted octanol–water partition coefficient (Wildman–Crippen LogP) is 3.77. The van der Waals surface area contributed by atoms with Gasteiger partial charge in [0.15, 0.2) is 17.3 Å². The van der Waals surface area contributed by atoms with Gasteiger partial charge in [-0.25, -0.2) is 4.68 Å². The summed E-state index contributed by atoms with van der Waals surface area (Å²) in [6, 6.07) is 9.69. The van der Waals surface area contributed by atoms with Crippen LogP contribution in [0.3, 0.4) is 0 Å². The van der Waals surface area contributed by atoms with Crippen LogP contribution in [-0.2, 0) is 4.79 Å². The molecule has 2 aromatic heterocycles. The molecule has 29 heavy (non-hydrogen) atoms. The lowest BCUT2D eigenvalue weighted by atomic mass is 9.79. The monoisotopic (exact) mass is 408 g/mol. The van der Waals surface area contributed by atoms with Crippen molar-refractivity contribution in [3.05, 3.63) is 63.7 Å². The molecule has 1 N–H and O–H groups in total. The number of Topliss-reactive ketones (excluding diaryl/α,β-unsaturated/α-hetero) is 1. The van der Waals surface area contributed by atoms with Crippen LogP contribution < -0.4 is 14.8 Å². The fraction of sp³-hybridized carbons (Fsp3) is 0.286. The Morgan fingerprint density at radius 3 is 2.79 bits per heavy atom. The smallest absolute Gasteiger partial charge is 0.226 e.